The van der Waals surface area contributed by atoms with Gasteiger partial charge >= 0.3 is 5.97 Å². The minimum atomic E-state index is -0.522. The molecule has 0 saturated carbocycles. The molecule has 0 aromatic carbocycles. The van der Waals surface area contributed by atoms with Crippen LogP contribution in [0.3, 0.4) is 0 Å². The van der Waals surface area contributed by atoms with Gasteiger partial charge in [-0.3, -0.25) is 4.79 Å². The van der Waals surface area contributed by atoms with E-state index >= 15 is 0 Å². The van der Waals surface area contributed by atoms with Gasteiger partial charge in [-0.25, -0.2) is 0 Å². The van der Waals surface area contributed by atoms with E-state index in [1.165, 1.54) is 161 Å². The number of aliphatic hydroxyl groups excluding tert-OH is 1. The fraction of sp³-hybridized carbons (Fsp3) is 0.971. The van der Waals surface area contributed by atoms with E-state index in [-0.39, 0.29) is 12.6 Å². The number of carbonyl (C=O) groups is 1. The highest BCUT2D eigenvalue weighted by molar-refractivity contribution is 5.69. The summed E-state index contributed by atoms with van der Waals surface area (Å²) >= 11 is 0. The van der Waals surface area contributed by atoms with Crippen molar-refractivity contribution in [2.24, 2.45) is 0 Å². The molecule has 38 heavy (non-hydrogen) atoms. The third kappa shape index (κ3) is 29.9. The van der Waals surface area contributed by atoms with Gasteiger partial charge in [0.1, 0.15) is 6.10 Å². The van der Waals surface area contributed by atoms with Gasteiger partial charge in [-0.2, -0.15) is 0 Å². The van der Waals surface area contributed by atoms with E-state index in [9.17, 15) is 9.90 Å². The number of rotatable bonds is 32. The highest BCUT2D eigenvalue weighted by Gasteiger charge is 2.12. The molecule has 0 aromatic heterocycles. The van der Waals surface area contributed by atoms with Gasteiger partial charge < -0.3 is 14.6 Å². The first-order valence-corrected chi connectivity index (χ1v) is 17.1. The predicted octanol–water partition coefficient (Wildman–Crippen LogP) is 10.5. The summed E-state index contributed by atoms with van der Waals surface area (Å²) in [6.45, 7) is 4.84. The summed E-state index contributed by atoms with van der Waals surface area (Å²) in [6.07, 6.45) is 36.3. The van der Waals surface area contributed by atoms with Crippen LogP contribution < -0.4 is 0 Å². The number of hydrogen-bond donors (Lipinski definition) is 1. The first-order valence-electron chi connectivity index (χ1n) is 17.1. The zero-order valence-corrected chi connectivity index (χ0v) is 26.0. The Morgan fingerprint density at radius 2 is 0.842 bits per heavy atom. The topological polar surface area (TPSA) is 55.8 Å². The molecule has 4 nitrogen and oxygen atoms in total. The van der Waals surface area contributed by atoms with Crippen LogP contribution in [-0.4, -0.2) is 37.0 Å². The van der Waals surface area contributed by atoms with Crippen molar-refractivity contribution < 1.29 is 19.4 Å². The van der Waals surface area contributed by atoms with E-state index in [1.807, 2.05) is 0 Å². The Morgan fingerprint density at radius 3 is 1.13 bits per heavy atom. The third-order valence-electron chi connectivity index (χ3n) is 7.74. The fourth-order valence-corrected chi connectivity index (χ4v) is 5.13. The SMILES string of the molecule is CCCCCCCCCCCCCCCCCCCCCCCCCCCCOCC(CO)OC(=O)CC. The molecule has 0 aromatic rings. The van der Waals surface area contributed by atoms with Crippen LogP contribution in [0.25, 0.3) is 0 Å². The lowest BCUT2D eigenvalue weighted by molar-refractivity contribution is -0.154. The van der Waals surface area contributed by atoms with Gasteiger partial charge in [0.25, 0.3) is 0 Å². The Labute approximate surface area is 238 Å². The van der Waals surface area contributed by atoms with Gasteiger partial charge in [0.05, 0.1) is 13.2 Å². The van der Waals surface area contributed by atoms with Gasteiger partial charge in [-0.05, 0) is 6.42 Å². The van der Waals surface area contributed by atoms with Gasteiger partial charge in [-0.1, -0.05) is 174 Å². The van der Waals surface area contributed by atoms with Crippen LogP contribution in [0.1, 0.15) is 187 Å². The van der Waals surface area contributed by atoms with Crippen LogP contribution in [0, 0.1) is 0 Å². The maximum absolute atomic E-state index is 11.2. The molecular weight excluding hydrogens is 472 g/mol. The molecule has 0 rings (SSSR count). The zero-order chi connectivity index (χ0) is 27.8. The summed E-state index contributed by atoms with van der Waals surface area (Å²) in [5.41, 5.74) is 0. The van der Waals surface area contributed by atoms with Crippen LogP contribution >= 0.6 is 0 Å². The van der Waals surface area contributed by atoms with E-state index in [2.05, 4.69) is 6.92 Å². The molecule has 0 radical (unpaired) electrons. The van der Waals surface area contributed by atoms with Crippen molar-refractivity contribution in [1.82, 2.24) is 0 Å². The largest absolute Gasteiger partial charge is 0.457 e. The average molecular weight is 541 g/mol. The van der Waals surface area contributed by atoms with E-state index in [0.29, 0.717) is 19.6 Å². The van der Waals surface area contributed by atoms with E-state index in [0.717, 1.165) is 6.42 Å². The maximum atomic E-state index is 11.2. The second-order valence-electron chi connectivity index (χ2n) is 11.6. The monoisotopic (exact) mass is 541 g/mol. The summed E-state index contributed by atoms with van der Waals surface area (Å²) in [6, 6.07) is 0. The van der Waals surface area contributed by atoms with Crippen LogP contribution in [0.5, 0.6) is 0 Å². The Kier molecular flexibility index (Phi) is 32.1. The summed E-state index contributed by atoms with van der Waals surface area (Å²) in [5, 5.41) is 9.21. The third-order valence-corrected chi connectivity index (χ3v) is 7.74. The molecule has 0 aliphatic heterocycles. The Balaban J connectivity index is 3.13. The molecule has 0 aliphatic rings. The minimum Gasteiger partial charge on any atom is -0.457 e. The number of hydrogen-bond acceptors (Lipinski definition) is 4. The Bertz CT molecular complexity index is 454. The van der Waals surface area contributed by atoms with E-state index < -0.39 is 6.10 Å². The van der Waals surface area contributed by atoms with Crippen LogP contribution in [0.15, 0.2) is 0 Å². The standard InChI is InChI=1S/C34H68O4/c1-3-5-6-7-8-9-10-11-12-13-14-15-16-17-18-19-20-21-22-23-24-25-26-27-28-29-30-37-32-33(31-35)38-34(36)4-2/h33,35H,3-32H2,1-2H3. The molecule has 0 saturated heterocycles. The maximum Gasteiger partial charge on any atom is 0.305 e. The minimum absolute atomic E-state index is 0.175. The summed E-state index contributed by atoms with van der Waals surface area (Å²) in [5.74, 6) is -0.284. The summed E-state index contributed by atoms with van der Waals surface area (Å²) in [7, 11) is 0. The van der Waals surface area contributed by atoms with Crippen molar-refractivity contribution >= 4 is 5.97 Å². The number of esters is 1. The molecule has 0 amide bonds. The van der Waals surface area contributed by atoms with Crippen LogP contribution in [0.2, 0.25) is 0 Å². The second-order valence-corrected chi connectivity index (χ2v) is 11.6. The molecule has 0 fully saturated rings. The van der Waals surface area contributed by atoms with E-state index in [4.69, 9.17) is 9.47 Å². The highest BCUT2D eigenvalue weighted by Crippen LogP contribution is 2.16. The lowest BCUT2D eigenvalue weighted by Gasteiger charge is -2.15. The molecule has 1 atom stereocenters. The number of unbranched alkanes of at least 4 members (excludes halogenated alkanes) is 25. The molecule has 228 valence electrons. The number of ether oxygens (including phenoxy) is 2. The van der Waals surface area contributed by atoms with Crippen molar-refractivity contribution in [3.05, 3.63) is 0 Å². The average Bonchev–Trinajstić information content (AvgIpc) is 2.93. The predicted molar refractivity (Wildman–Crippen MR) is 164 cm³/mol. The lowest BCUT2D eigenvalue weighted by atomic mass is 10.0. The normalized spacial score (nSPS) is 12.2. The molecule has 1 unspecified atom stereocenters. The summed E-state index contributed by atoms with van der Waals surface area (Å²) in [4.78, 5) is 11.2. The van der Waals surface area contributed by atoms with Gasteiger partial charge in [0.2, 0.25) is 0 Å². The van der Waals surface area contributed by atoms with Gasteiger partial charge in [-0.15, -0.1) is 0 Å². The van der Waals surface area contributed by atoms with Crippen LogP contribution in [0.4, 0.5) is 0 Å². The van der Waals surface area contributed by atoms with Crippen molar-refractivity contribution in [2.75, 3.05) is 19.8 Å². The molecule has 1 N–H and O–H groups in total. The second kappa shape index (κ2) is 32.6. The fourth-order valence-electron chi connectivity index (χ4n) is 5.13. The first-order chi connectivity index (χ1) is 18.7. The molecule has 4 heteroatoms. The molecule has 0 bridgehead atoms. The van der Waals surface area contributed by atoms with E-state index in [1.54, 1.807) is 6.92 Å². The Hall–Kier alpha value is -0.610. The number of aliphatic hydroxyl groups is 1. The lowest BCUT2D eigenvalue weighted by Crippen LogP contribution is -2.27. The quantitative estimate of drug-likeness (QED) is 0.0681. The van der Waals surface area contributed by atoms with Crippen molar-refractivity contribution in [3.63, 3.8) is 0 Å². The van der Waals surface area contributed by atoms with Gasteiger partial charge in [0, 0.05) is 13.0 Å². The molecule has 0 heterocycles. The molecular formula is C34H68O4. The van der Waals surface area contributed by atoms with Crippen molar-refractivity contribution in [2.45, 2.75) is 193 Å². The summed E-state index contributed by atoms with van der Waals surface area (Å²) < 4.78 is 10.6. The zero-order valence-electron chi connectivity index (χ0n) is 26.0. The van der Waals surface area contributed by atoms with Crippen molar-refractivity contribution in [3.8, 4) is 0 Å². The van der Waals surface area contributed by atoms with Crippen molar-refractivity contribution in [1.29, 1.82) is 0 Å². The first kappa shape index (κ1) is 37.4. The number of carbonyl (C=O) groups excluding carboxylic acids is 1. The smallest absolute Gasteiger partial charge is 0.305 e. The van der Waals surface area contributed by atoms with Crippen LogP contribution in [-0.2, 0) is 14.3 Å². The van der Waals surface area contributed by atoms with Gasteiger partial charge in [0.15, 0.2) is 0 Å². The molecule has 0 spiro atoms. The highest BCUT2D eigenvalue weighted by atomic mass is 16.6. The molecule has 0 aliphatic carbocycles. The Morgan fingerprint density at radius 1 is 0.526 bits per heavy atom.